The molecule has 0 aliphatic carbocycles. The molecule has 1 aliphatic heterocycles. The lowest BCUT2D eigenvalue weighted by Gasteiger charge is -2.30. The molecule has 0 amide bonds. The molecule has 1 aromatic carbocycles. The molecule has 1 unspecified atom stereocenters. The Morgan fingerprint density at radius 3 is 2.82 bits per heavy atom. The second kappa shape index (κ2) is 8.06. The second-order valence-corrected chi connectivity index (χ2v) is 6.29. The van der Waals surface area contributed by atoms with Crippen LogP contribution in [0.5, 0.6) is 0 Å². The Kier molecular flexibility index (Phi) is 6.37. The van der Waals surface area contributed by atoms with Crippen LogP contribution >= 0.6 is 28.3 Å². The molecule has 120 valence electrons. The monoisotopic (exact) mass is 386 g/mol. The maximum absolute atomic E-state index is 5.39. The Morgan fingerprint density at radius 1 is 1.32 bits per heavy atom. The van der Waals surface area contributed by atoms with E-state index in [1.807, 2.05) is 0 Å². The molecule has 1 fully saturated rings. The molecule has 1 aliphatic rings. The van der Waals surface area contributed by atoms with E-state index in [-0.39, 0.29) is 18.4 Å². The van der Waals surface area contributed by atoms with Crippen molar-refractivity contribution in [1.82, 2.24) is 20.4 Å². The van der Waals surface area contributed by atoms with Gasteiger partial charge in [-0.15, -0.1) is 12.4 Å². The summed E-state index contributed by atoms with van der Waals surface area (Å²) in [6.45, 7) is 2.90. The number of aromatic nitrogens is 2. The SMILES string of the molecule is CN1CCNCC1c1noc(CCc2ccc(Br)cc2)n1.Cl. The van der Waals surface area contributed by atoms with Gasteiger partial charge in [0.1, 0.15) is 0 Å². The highest BCUT2D eigenvalue weighted by molar-refractivity contribution is 9.10. The van der Waals surface area contributed by atoms with Gasteiger partial charge in [0.15, 0.2) is 5.82 Å². The van der Waals surface area contributed by atoms with E-state index in [1.165, 1.54) is 5.56 Å². The first-order chi connectivity index (χ1) is 10.2. The Balaban J connectivity index is 0.00000176. The van der Waals surface area contributed by atoms with Crippen molar-refractivity contribution in [1.29, 1.82) is 0 Å². The fourth-order valence-corrected chi connectivity index (χ4v) is 2.77. The molecule has 1 N–H and O–H groups in total. The molecule has 3 rings (SSSR count). The van der Waals surface area contributed by atoms with Crippen LogP contribution in [0.3, 0.4) is 0 Å². The van der Waals surface area contributed by atoms with Crippen LogP contribution in [0.25, 0.3) is 0 Å². The highest BCUT2D eigenvalue weighted by Gasteiger charge is 2.25. The first kappa shape index (κ1) is 17.4. The third-order valence-corrected chi connectivity index (χ3v) is 4.36. The van der Waals surface area contributed by atoms with Crippen LogP contribution in [-0.2, 0) is 12.8 Å². The van der Waals surface area contributed by atoms with E-state index in [0.717, 1.165) is 42.8 Å². The van der Waals surface area contributed by atoms with Crippen molar-refractivity contribution in [2.24, 2.45) is 0 Å². The van der Waals surface area contributed by atoms with Crippen molar-refractivity contribution >= 4 is 28.3 Å². The number of piperazine rings is 1. The van der Waals surface area contributed by atoms with Gasteiger partial charge in [-0.1, -0.05) is 33.2 Å². The lowest BCUT2D eigenvalue weighted by Crippen LogP contribution is -2.44. The Labute approximate surface area is 145 Å². The highest BCUT2D eigenvalue weighted by atomic mass is 79.9. The quantitative estimate of drug-likeness (QED) is 0.874. The molecule has 7 heteroatoms. The standard InChI is InChI=1S/C15H19BrN4O.ClH/c1-20-9-8-17-10-13(20)15-18-14(21-19-15)7-4-11-2-5-12(16)6-3-11;/h2-3,5-6,13,17H,4,7-10H2,1H3;1H. The van der Waals surface area contributed by atoms with Gasteiger partial charge in [-0.25, -0.2) is 0 Å². The normalized spacial score (nSPS) is 18.9. The summed E-state index contributed by atoms with van der Waals surface area (Å²) >= 11 is 3.44. The van der Waals surface area contributed by atoms with Crippen LogP contribution in [0.4, 0.5) is 0 Å². The van der Waals surface area contributed by atoms with Gasteiger partial charge in [0.05, 0.1) is 6.04 Å². The molecular formula is C15H20BrClN4O. The van der Waals surface area contributed by atoms with Crippen LogP contribution in [0.1, 0.15) is 23.3 Å². The summed E-state index contributed by atoms with van der Waals surface area (Å²) in [6, 6.07) is 8.54. The number of nitrogens with one attached hydrogen (secondary N) is 1. The summed E-state index contributed by atoms with van der Waals surface area (Å²) in [5.74, 6) is 1.50. The number of halogens is 2. The molecule has 1 saturated heterocycles. The number of hydrogen-bond acceptors (Lipinski definition) is 5. The molecule has 1 aromatic heterocycles. The predicted molar refractivity (Wildman–Crippen MR) is 91.3 cm³/mol. The van der Waals surface area contributed by atoms with Crippen LogP contribution in [0.2, 0.25) is 0 Å². The summed E-state index contributed by atoms with van der Waals surface area (Å²) in [4.78, 5) is 6.81. The van der Waals surface area contributed by atoms with Gasteiger partial charge in [-0.05, 0) is 31.2 Å². The summed E-state index contributed by atoms with van der Waals surface area (Å²) in [6.07, 6.45) is 1.69. The number of rotatable bonds is 4. The zero-order chi connectivity index (χ0) is 14.7. The third kappa shape index (κ3) is 4.29. The minimum absolute atomic E-state index is 0. The molecule has 5 nitrogen and oxygen atoms in total. The molecule has 0 bridgehead atoms. The van der Waals surface area contributed by atoms with Gasteiger partial charge in [0, 0.05) is 30.5 Å². The smallest absolute Gasteiger partial charge is 0.227 e. The molecule has 1 atom stereocenters. The Hall–Kier alpha value is -0.950. The molecule has 0 radical (unpaired) electrons. The first-order valence-corrected chi connectivity index (χ1v) is 7.99. The molecule has 0 spiro atoms. The second-order valence-electron chi connectivity index (χ2n) is 5.37. The summed E-state index contributed by atoms with van der Waals surface area (Å²) < 4.78 is 6.48. The third-order valence-electron chi connectivity index (χ3n) is 3.83. The Bertz CT molecular complexity index is 589. The largest absolute Gasteiger partial charge is 0.339 e. The maximum atomic E-state index is 5.39. The van der Waals surface area contributed by atoms with Crippen molar-refractivity contribution < 1.29 is 4.52 Å². The van der Waals surface area contributed by atoms with Gasteiger partial charge in [-0.3, -0.25) is 4.90 Å². The number of hydrogen-bond donors (Lipinski definition) is 1. The van der Waals surface area contributed by atoms with E-state index < -0.39 is 0 Å². The topological polar surface area (TPSA) is 54.2 Å². The van der Waals surface area contributed by atoms with Crippen molar-refractivity contribution in [3.05, 3.63) is 46.0 Å². The number of nitrogens with zero attached hydrogens (tertiary/aromatic N) is 3. The van der Waals surface area contributed by atoms with Crippen molar-refractivity contribution in [3.63, 3.8) is 0 Å². The number of likely N-dealkylation sites (N-methyl/N-ethyl adjacent to an activating group) is 1. The number of benzene rings is 1. The van der Waals surface area contributed by atoms with Crippen LogP contribution in [0.15, 0.2) is 33.3 Å². The van der Waals surface area contributed by atoms with Crippen LogP contribution in [0, 0.1) is 0 Å². The van der Waals surface area contributed by atoms with Gasteiger partial charge < -0.3 is 9.84 Å². The highest BCUT2D eigenvalue weighted by Crippen LogP contribution is 2.18. The predicted octanol–water partition coefficient (Wildman–Crippen LogP) is 2.62. The summed E-state index contributed by atoms with van der Waals surface area (Å²) in [5, 5.41) is 7.51. The molecular weight excluding hydrogens is 368 g/mol. The van der Waals surface area contributed by atoms with Crippen molar-refractivity contribution in [2.45, 2.75) is 18.9 Å². The maximum Gasteiger partial charge on any atom is 0.227 e. The van der Waals surface area contributed by atoms with Crippen molar-refractivity contribution in [3.8, 4) is 0 Å². The van der Waals surface area contributed by atoms with Crippen molar-refractivity contribution in [2.75, 3.05) is 26.7 Å². The van der Waals surface area contributed by atoms with Gasteiger partial charge in [-0.2, -0.15) is 4.98 Å². The lowest BCUT2D eigenvalue weighted by molar-refractivity contribution is 0.190. The fourth-order valence-electron chi connectivity index (χ4n) is 2.50. The zero-order valence-corrected chi connectivity index (χ0v) is 14.9. The minimum Gasteiger partial charge on any atom is -0.339 e. The minimum atomic E-state index is 0. The van der Waals surface area contributed by atoms with Gasteiger partial charge >= 0.3 is 0 Å². The van der Waals surface area contributed by atoms with E-state index in [2.05, 4.69) is 67.6 Å². The Morgan fingerprint density at radius 2 is 2.09 bits per heavy atom. The number of aryl methyl sites for hydroxylation is 2. The van der Waals surface area contributed by atoms with E-state index in [0.29, 0.717) is 5.89 Å². The molecule has 2 heterocycles. The summed E-state index contributed by atoms with van der Waals surface area (Å²) in [5.41, 5.74) is 1.27. The zero-order valence-electron chi connectivity index (χ0n) is 12.5. The lowest BCUT2D eigenvalue weighted by atomic mass is 10.1. The van der Waals surface area contributed by atoms with E-state index >= 15 is 0 Å². The van der Waals surface area contributed by atoms with E-state index in [9.17, 15) is 0 Å². The van der Waals surface area contributed by atoms with Crippen LogP contribution < -0.4 is 5.32 Å². The average molecular weight is 388 g/mol. The molecule has 0 saturated carbocycles. The van der Waals surface area contributed by atoms with Crippen LogP contribution in [-0.4, -0.2) is 41.7 Å². The molecule has 22 heavy (non-hydrogen) atoms. The van der Waals surface area contributed by atoms with Gasteiger partial charge in [0.25, 0.3) is 0 Å². The first-order valence-electron chi connectivity index (χ1n) is 7.20. The fraction of sp³-hybridized carbons (Fsp3) is 0.467. The van der Waals surface area contributed by atoms with E-state index in [4.69, 9.17) is 4.52 Å². The average Bonchev–Trinajstić information content (AvgIpc) is 2.96. The molecule has 2 aromatic rings. The van der Waals surface area contributed by atoms with E-state index in [1.54, 1.807) is 0 Å². The summed E-state index contributed by atoms with van der Waals surface area (Å²) in [7, 11) is 2.10. The van der Waals surface area contributed by atoms with Gasteiger partial charge in [0.2, 0.25) is 5.89 Å².